The molecule has 8 nitrogen and oxygen atoms in total. The van der Waals surface area contributed by atoms with E-state index in [1.54, 1.807) is 13.1 Å². The standard InChI is InChI=1S/C14H11F3N8/c1-6-11(12(18)22-25(6)13-20-23-24-21-13)9-3-8(14(15,16)17)2-7-4-19-5-10(7)9/h2-3,5H,4H2,1H3,(H2,18,22)(H,20,21,23,24). The number of hydrogen-bond acceptors (Lipinski definition) is 6. The van der Waals surface area contributed by atoms with E-state index < -0.39 is 11.7 Å². The van der Waals surface area contributed by atoms with Crippen molar-refractivity contribution in [3.63, 3.8) is 0 Å². The predicted molar refractivity (Wildman–Crippen MR) is 82.2 cm³/mol. The molecule has 2 aromatic heterocycles. The van der Waals surface area contributed by atoms with E-state index in [0.717, 1.165) is 12.1 Å². The molecule has 128 valence electrons. The maximum atomic E-state index is 13.3. The van der Waals surface area contributed by atoms with Crippen LogP contribution in [-0.2, 0) is 12.7 Å². The van der Waals surface area contributed by atoms with E-state index in [9.17, 15) is 13.2 Å². The number of benzene rings is 1. The Morgan fingerprint density at radius 2 is 2.08 bits per heavy atom. The zero-order valence-electron chi connectivity index (χ0n) is 12.8. The normalized spacial score (nSPS) is 13.4. The molecule has 1 aromatic carbocycles. The van der Waals surface area contributed by atoms with Crippen LogP contribution in [0.25, 0.3) is 17.1 Å². The molecule has 0 bridgehead atoms. The van der Waals surface area contributed by atoms with E-state index in [2.05, 4.69) is 30.7 Å². The van der Waals surface area contributed by atoms with Gasteiger partial charge >= 0.3 is 6.18 Å². The number of aromatic amines is 1. The zero-order valence-corrected chi connectivity index (χ0v) is 12.8. The number of anilines is 1. The van der Waals surface area contributed by atoms with Gasteiger partial charge < -0.3 is 5.73 Å². The van der Waals surface area contributed by atoms with Crippen molar-refractivity contribution in [2.24, 2.45) is 4.99 Å². The van der Waals surface area contributed by atoms with E-state index in [1.807, 2.05) is 0 Å². The summed E-state index contributed by atoms with van der Waals surface area (Å²) < 4.78 is 41.1. The van der Waals surface area contributed by atoms with Crippen molar-refractivity contribution in [3.8, 4) is 17.1 Å². The number of nitrogens with one attached hydrogen (secondary N) is 1. The number of halogens is 3. The summed E-state index contributed by atoms with van der Waals surface area (Å²) in [5, 5.41) is 17.5. The lowest BCUT2D eigenvalue weighted by Crippen LogP contribution is -2.07. The Hall–Kier alpha value is -3.24. The number of nitrogen functional groups attached to an aromatic ring is 1. The highest BCUT2D eigenvalue weighted by atomic mass is 19.4. The van der Waals surface area contributed by atoms with Crippen LogP contribution in [0.2, 0.25) is 0 Å². The van der Waals surface area contributed by atoms with E-state index in [4.69, 9.17) is 5.73 Å². The second-order valence-electron chi connectivity index (χ2n) is 5.53. The fourth-order valence-electron chi connectivity index (χ4n) is 2.90. The van der Waals surface area contributed by atoms with Crippen molar-refractivity contribution in [2.75, 3.05) is 5.73 Å². The monoisotopic (exact) mass is 348 g/mol. The highest BCUT2D eigenvalue weighted by molar-refractivity contribution is 5.97. The summed E-state index contributed by atoms with van der Waals surface area (Å²) >= 11 is 0. The number of nitrogens with two attached hydrogens (primary N) is 1. The first-order chi connectivity index (χ1) is 11.9. The van der Waals surface area contributed by atoms with Crippen LogP contribution < -0.4 is 5.73 Å². The summed E-state index contributed by atoms with van der Waals surface area (Å²) in [5.41, 5.74) is 7.56. The molecule has 0 fully saturated rings. The molecule has 3 N–H and O–H groups in total. The summed E-state index contributed by atoms with van der Waals surface area (Å²) in [4.78, 5) is 4.08. The van der Waals surface area contributed by atoms with Gasteiger partial charge in [-0.2, -0.15) is 23.1 Å². The first kappa shape index (κ1) is 15.3. The van der Waals surface area contributed by atoms with Crippen LogP contribution in [0, 0.1) is 6.92 Å². The van der Waals surface area contributed by atoms with Gasteiger partial charge in [0.15, 0.2) is 5.82 Å². The van der Waals surface area contributed by atoms with Crippen LogP contribution in [-0.4, -0.2) is 36.6 Å². The van der Waals surface area contributed by atoms with Gasteiger partial charge in [0.25, 0.3) is 5.95 Å². The number of tetrazole rings is 1. The zero-order chi connectivity index (χ0) is 17.8. The minimum Gasteiger partial charge on any atom is -0.382 e. The van der Waals surface area contributed by atoms with Gasteiger partial charge in [-0.25, -0.2) is 0 Å². The summed E-state index contributed by atoms with van der Waals surface area (Å²) in [5.74, 6) is 0.219. The van der Waals surface area contributed by atoms with E-state index in [-0.39, 0.29) is 18.3 Å². The van der Waals surface area contributed by atoms with Gasteiger partial charge in [-0.15, -0.1) is 10.2 Å². The maximum Gasteiger partial charge on any atom is 0.416 e. The SMILES string of the molecule is Cc1c(-c2cc(C(F)(F)F)cc3c2C=NC3)c(N)nn1-c1nn[nH]n1. The number of aliphatic imine (C=N–C) groups is 1. The molecule has 0 atom stereocenters. The molecule has 0 saturated carbocycles. The molecule has 1 aliphatic rings. The number of nitrogens with zero attached hydrogens (tertiary/aromatic N) is 6. The summed E-state index contributed by atoms with van der Waals surface area (Å²) in [7, 11) is 0. The average molecular weight is 348 g/mol. The molecule has 0 aliphatic carbocycles. The van der Waals surface area contributed by atoms with Gasteiger partial charge in [0.2, 0.25) is 0 Å². The van der Waals surface area contributed by atoms with Gasteiger partial charge in [-0.3, -0.25) is 4.99 Å². The number of hydrogen-bond donors (Lipinski definition) is 2. The van der Waals surface area contributed by atoms with Crippen LogP contribution >= 0.6 is 0 Å². The number of fused-ring (bicyclic) bond motifs is 1. The summed E-state index contributed by atoms with van der Waals surface area (Å²) in [6.45, 7) is 1.87. The molecule has 3 aromatic rings. The first-order valence-corrected chi connectivity index (χ1v) is 7.19. The Labute approximate surface area is 138 Å². The molecule has 11 heteroatoms. The first-order valence-electron chi connectivity index (χ1n) is 7.19. The Morgan fingerprint density at radius 3 is 2.76 bits per heavy atom. The van der Waals surface area contributed by atoms with Crippen LogP contribution in [0.3, 0.4) is 0 Å². The lowest BCUT2D eigenvalue weighted by molar-refractivity contribution is -0.137. The average Bonchev–Trinajstić information content (AvgIpc) is 3.26. The van der Waals surface area contributed by atoms with Crippen LogP contribution in [0.4, 0.5) is 19.0 Å². The maximum absolute atomic E-state index is 13.3. The molecule has 0 radical (unpaired) electrons. The molecule has 4 rings (SSSR count). The molecule has 0 unspecified atom stereocenters. The highest BCUT2D eigenvalue weighted by Gasteiger charge is 2.33. The Balaban J connectivity index is 1.97. The minimum atomic E-state index is -4.47. The van der Waals surface area contributed by atoms with Crippen LogP contribution in [0.1, 0.15) is 22.4 Å². The third-order valence-electron chi connectivity index (χ3n) is 4.01. The van der Waals surface area contributed by atoms with E-state index in [1.165, 1.54) is 4.68 Å². The van der Waals surface area contributed by atoms with Crippen molar-refractivity contribution in [1.29, 1.82) is 0 Å². The van der Waals surface area contributed by atoms with Crippen molar-refractivity contribution in [1.82, 2.24) is 30.4 Å². The molecule has 3 heterocycles. The molecule has 0 amide bonds. The lowest BCUT2D eigenvalue weighted by atomic mass is 9.94. The summed E-state index contributed by atoms with van der Waals surface area (Å²) in [6, 6.07) is 2.18. The van der Waals surface area contributed by atoms with Gasteiger partial charge in [0.05, 0.1) is 17.8 Å². The number of alkyl halides is 3. The summed E-state index contributed by atoms with van der Waals surface area (Å²) in [6.07, 6.45) is -2.92. The van der Waals surface area contributed by atoms with E-state index >= 15 is 0 Å². The van der Waals surface area contributed by atoms with Crippen LogP contribution in [0.15, 0.2) is 17.1 Å². The largest absolute Gasteiger partial charge is 0.416 e. The second-order valence-corrected chi connectivity index (χ2v) is 5.53. The third-order valence-corrected chi connectivity index (χ3v) is 4.01. The number of H-pyrrole nitrogens is 1. The molecular formula is C14H11F3N8. The van der Waals surface area contributed by atoms with Gasteiger partial charge in [0.1, 0.15) is 0 Å². The van der Waals surface area contributed by atoms with Gasteiger partial charge in [0, 0.05) is 17.3 Å². The topological polar surface area (TPSA) is 111 Å². The molecule has 1 aliphatic heterocycles. The fraction of sp³-hybridized carbons (Fsp3) is 0.214. The molecule has 25 heavy (non-hydrogen) atoms. The van der Waals surface area contributed by atoms with Crippen molar-refractivity contribution >= 4 is 12.0 Å². The van der Waals surface area contributed by atoms with Gasteiger partial charge in [-0.1, -0.05) is 5.10 Å². The Morgan fingerprint density at radius 1 is 1.28 bits per heavy atom. The molecular weight excluding hydrogens is 337 g/mol. The van der Waals surface area contributed by atoms with Gasteiger partial charge in [-0.05, 0) is 35.4 Å². The highest BCUT2D eigenvalue weighted by Crippen LogP contribution is 2.40. The fourth-order valence-corrected chi connectivity index (χ4v) is 2.90. The van der Waals surface area contributed by atoms with E-state index in [0.29, 0.717) is 27.9 Å². The van der Waals surface area contributed by atoms with Crippen molar-refractivity contribution < 1.29 is 13.2 Å². The smallest absolute Gasteiger partial charge is 0.382 e. The molecule has 0 spiro atoms. The van der Waals surface area contributed by atoms with Crippen molar-refractivity contribution in [2.45, 2.75) is 19.6 Å². The minimum absolute atomic E-state index is 0.0733. The Bertz CT molecular complexity index is 985. The quantitative estimate of drug-likeness (QED) is 0.735. The van der Waals surface area contributed by atoms with Crippen molar-refractivity contribution in [3.05, 3.63) is 34.5 Å². The third kappa shape index (κ3) is 2.35. The Kier molecular flexibility index (Phi) is 3.14. The molecule has 0 saturated heterocycles. The number of rotatable bonds is 2. The predicted octanol–water partition coefficient (Wildman–Crippen LogP) is 1.89. The number of aromatic nitrogens is 6. The second kappa shape index (κ2) is 5.13. The van der Waals surface area contributed by atoms with Crippen LogP contribution in [0.5, 0.6) is 0 Å². The lowest BCUT2D eigenvalue weighted by Gasteiger charge is -2.13.